The van der Waals surface area contributed by atoms with Gasteiger partial charge in [0.1, 0.15) is 6.10 Å². The average molecular weight is 336 g/mol. The molecule has 1 aromatic heterocycles. The standard InChI is InChI=1S/C16H24N4O4/c1-19-14(13(15(21)22)17-18-19)11-7-9-20(10-8-11)16(23)24-12-5-3-2-4-6-12/h11-12H,2-10H2,1H3,(H,21,22). The molecular formula is C16H24N4O4. The highest BCUT2D eigenvalue weighted by Crippen LogP contribution is 2.30. The van der Waals surface area contributed by atoms with E-state index in [1.54, 1.807) is 11.9 Å². The van der Waals surface area contributed by atoms with Crippen molar-refractivity contribution in [2.24, 2.45) is 7.05 Å². The number of aromatic nitrogens is 3. The Balaban J connectivity index is 1.56. The maximum absolute atomic E-state index is 12.3. The number of piperidine rings is 1. The van der Waals surface area contributed by atoms with Crippen LogP contribution in [0.1, 0.15) is 67.0 Å². The molecule has 1 saturated carbocycles. The van der Waals surface area contributed by atoms with Gasteiger partial charge < -0.3 is 14.7 Å². The third-order valence-corrected chi connectivity index (χ3v) is 5.03. The number of hydrogen-bond donors (Lipinski definition) is 1. The highest BCUT2D eigenvalue weighted by molar-refractivity contribution is 5.86. The van der Waals surface area contributed by atoms with E-state index in [0.29, 0.717) is 31.6 Å². The second kappa shape index (κ2) is 7.19. The van der Waals surface area contributed by atoms with Gasteiger partial charge in [0.25, 0.3) is 0 Å². The quantitative estimate of drug-likeness (QED) is 0.908. The minimum atomic E-state index is -1.06. The van der Waals surface area contributed by atoms with E-state index in [1.807, 2.05) is 0 Å². The number of likely N-dealkylation sites (tertiary alicyclic amines) is 1. The first-order chi connectivity index (χ1) is 11.6. The van der Waals surface area contributed by atoms with Crippen molar-refractivity contribution in [1.29, 1.82) is 0 Å². The fraction of sp³-hybridized carbons (Fsp3) is 0.750. The largest absolute Gasteiger partial charge is 0.476 e. The molecule has 1 N–H and O–H groups in total. The van der Waals surface area contributed by atoms with Gasteiger partial charge in [-0.15, -0.1) is 5.10 Å². The number of aromatic carboxylic acids is 1. The van der Waals surface area contributed by atoms with Crippen molar-refractivity contribution in [3.8, 4) is 0 Å². The number of carboxylic acid groups (broad SMARTS) is 1. The van der Waals surface area contributed by atoms with E-state index < -0.39 is 5.97 Å². The molecule has 0 radical (unpaired) electrons. The van der Waals surface area contributed by atoms with Gasteiger partial charge in [-0.05, 0) is 38.5 Å². The zero-order valence-corrected chi connectivity index (χ0v) is 14.0. The fourth-order valence-corrected chi connectivity index (χ4v) is 3.71. The molecule has 1 aliphatic heterocycles. The number of ether oxygens (including phenoxy) is 1. The van der Waals surface area contributed by atoms with E-state index in [2.05, 4.69) is 10.3 Å². The zero-order chi connectivity index (χ0) is 17.1. The number of carbonyl (C=O) groups is 2. The summed E-state index contributed by atoms with van der Waals surface area (Å²) in [5, 5.41) is 16.8. The smallest absolute Gasteiger partial charge is 0.410 e. The second-order valence-corrected chi connectivity index (χ2v) is 6.66. The Bertz CT molecular complexity index is 601. The molecular weight excluding hydrogens is 312 g/mol. The van der Waals surface area contributed by atoms with Crippen molar-refractivity contribution in [2.75, 3.05) is 13.1 Å². The summed E-state index contributed by atoms with van der Waals surface area (Å²) in [6.07, 6.45) is 6.63. The van der Waals surface area contributed by atoms with Crippen LogP contribution in [-0.2, 0) is 11.8 Å². The molecule has 0 spiro atoms. The SMILES string of the molecule is Cn1nnc(C(=O)O)c1C1CCN(C(=O)OC2CCCCC2)CC1. The van der Waals surface area contributed by atoms with Crippen molar-refractivity contribution in [3.05, 3.63) is 11.4 Å². The summed E-state index contributed by atoms with van der Waals surface area (Å²) in [5.41, 5.74) is 0.656. The molecule has 1 aromatic rings. The van der Waals surface area contributed by atoms with Crippen molar-refractivity contribution < 1.29 is 19.4 Å². The summed E-state index contributed by atoms with van der Waals surface area (Å²) >= 11 is 0. The second-order valence-electron chi connectivity index (χ2n) is 6.66. The van der Waals surface area contributed by atoms with Crippen molar-refractivity contribution in [2.45, 2.75) is 57.0 Å². The molecule has 0 bridgehead atoms. The van der Waals surface area contributed by atoms with Crippen LogP contribution < -0.4 is 0 Å². The van der Waals surface area contributed by atoms with Gasteiger partial charge in [0, 0.05) is 26.1 Å². The topological polar surface area (TPSA) is 97.5 Å². The molecule has 8 nitrogen and oxygen atoms in total. The number of hydrogen-bond acceptors (Lipinski definition) is 5. The summed E-state index contributed by atoms with van der Waals surface area (Å²) in [4.78, 5) is 25.3. The molecule has 8 heteroatoms. The van der Waals surface area contributed by atoms with E-state index in [0.717, 1.165) is 25.7 Å². The van der Waals surface area contributed by atoms with Crippen LogP contribution in [0.5, 0.6) is 0 Å². The first kappa shape index (κ1) is 16.7. The van der Waals surface area contributed by atoms with Gasteiger partial charge in [0.05, 0.1) is 5.69 Å². The highest BCUT2D eigenvalue weighted by atomic mass is 16.6. The Morgan fingerprint density at radius 1 is 1.12 bits per heavy atom. The Morgan fingerprint density at radius 2 is 1.79 bits per heavy atom. The highest BCUT2D eigenvalue weighted by Gasteiger charge is 2.31. The zero-order valence-electron chi connectivity index (χ0n) is 14.0. The average Bonchev–Trinajstić information content (AvgIpc) is 2.98. The van der Waals surface area contributed by atoms with Gasteiger partial charge >= 0.3 is 12.1 Å². The predicted molar refractivity (Wildman–Crippen MR) is 84.9 cm³/mol. The molecule has 2 aliphatic rings. The van der Waals surface area contributed by atoms with Gasteiger partial charge in [-0.25, -0.2) is 9.59 Å². The number of aryl methyl sites for hydroxylation is 1. The first-order valence-electron chi connectivity index (χ1n) is 8.64. The Morgan fingerprint density at radius 3 is 2.42 bits per heavy atom. The van der Waals surface area contributed by atoms with Crippen LogP contribution in [0.2, 0.25) is 0 Å². The first-order valence-corrected chi connectivity index (χ1v) is 8.64. The Labute approximate surface area is 140 Å². The third kappa shape index (κ3) is 3.52. The molecule has 132 valence electrons. The lowest BCUT2D eigenvalue weighted by atomic mass is 9.92. The van der Waals surface area contributed by atoms with Gasteiger partial charge in [0.15, 0.2) is 5.69 Å². The summed E-state index contributed by atoms with van der Waals surface area (Å²) in [6, 6.07) is 0. The predicted octanol–water partition coefficient (Wildman–Crippen LogP) is 2.16. The summed E-state index contributed by atoms with van der Waals surface area (Å²) < 4.78 is 7.14. The Kier molecular flexibility index (Phi) is 5.01. The van der Waals surface area contributed by atoms with Crippen LogP contribution in [-0.4, -0.2) is 56.3 Å². The van der Waals surface area contributed by atoms with Gasteiger partial charge in [0.2, 0.25) is 0 Å². The molecule has 0 aromatic carbocycles. The van der Waals surface area contributed by atoms with Crippen LogP contribution in [0.4, 0.5) is 4.79 Å². The van der Waals surface area contributed by atoms with Gasteiger partial charge in [-0.3, -0.25) is 4.68 Å². The monoisotopic (exact) mass is 336 g/mol. The maximum atomic E-state index is 12.3. The third-order valence-electron chi connectivity index (χ3n) is 5.03. The summed E-state index contributed by atoms with van der Waals surface area (Å²) in [6.45, 7) is 1.14. The minimum Gasteiger partial charge on any atom is -0.476 e. The molecule has 0 unspecified atom stereocenters. The van der Waals surface area contributed by atoms with Crippen LogP contribution in [0.3, 0.4) is 0 Å². The number of amides is 1. The number of nitrogens with zero attached hydrogens (tertiary/aromatic N) is 4. The molecule has 2 heterocycles. The fourth-order valence-electron chi connectivity index (χ4n) is 3.71. The van der Waals surface area contributed by atoms with E-state index in [-0.39, 0.29) is 23.8 Å². The molecule has 1 aliphatic carbocycles. The van der Waals surface area contributed by atoms with Crippen molar-refractivity contribution in [3.63, 3.8) is 0 Å². The summed E-state index contributed by atoms with van der Waals surface area (Å²) in [7, 11) is 1.71. The lowest BCUT2D eigenvalue weighted by Crippen LogP contribution is -2.40. The summed E-state index contributed by atoms with van der Waals surface area (Å²) in [5.74, 6) is -1.01. The normalized spacial score (nSPS) is 20.1. The van der Waals surface area contributed by atoms with Crippen molar-refractivity contribution in [1.82, 2.24) is 19.9 Å². The molecule has 1 amide bonds. The van der Waals surface area contributed by atoms with Crippen LogP contribution >= 0.6 is 0 Å². The molecule has 1 saturated heterocycles. The van der Waals surface area contributed by atoms with Crippen LogP contribution in [0.25, 0.3) is 0 Å². The minimum absolute atomic E-state index is 0.0146. The Hall–Kier alpha value is -2.12. The molecule has 24 heavy (non-hydrogen) atoms. The number of carbonyl (C=O) groups excluding carboxylic acids is 1. The molecule has 0 atom stereocenters. The lowest BCUT2D eigenvalue weighted by molar-refractivity contribution is 0.0401. The van der Waals surface area contributed by atoms with E-state index >= 15 is 0 Å². The number of rotatable bonds is 3. The molecule has 2 fully saturated rings. The van der Waals surface area contributed by atoms with E-state index in [1.165, 1.54) is 11.1 Å². The number of carboxylic acids is 1. The van der Waals surface area contributed by atoms with E-state index in [9.17, 15) is 14.7 Å². The van der Waals surface area contributed by atoms with Gasteiger partial charge in [-0.2, -0.15) is 0 Å². The van der Waals surface area contributed by atoms with E-state index in [4.69, 9.17) is 4.74 Å². The molecule has 3 rings (SSSR count). The van der Waals surface area contributed by atoms with Gasteiger partial charge in [-0.1, -0.05) is 11.6 Å². The van der Waals surface area contributed by atoms with Crippen LogP contribution in [0, 0.1) is 0 Å². The maximum Gasteiger partial charge on any atom is 0.410 e. The lowest BCUT2D eigenvalue weighted by Gasteiger charge is -2.33. The van der Waals surface area contributed by atoms with Crippen molar-refractivity contribution >= 4 is 12.1 Å². The van der Waals surface area contributed by atoms with Crippen LogP contribution in [0.15, 0.2) is 0 Å².